The largest absolute Gasteiger partial charge is 0.475 e. The molecule has 0 aliphatic heterocycles. The summed E-state index contributed by atoms with van der Waals surface area (Å²) in [6, 6.07) is 1.56. The van der Waals surface area contributed by atoms with Gasteiger partial charge in [-0.3, -0.25) is 0 Å². The molecule has 0 aliphatic rings. The van der Waals surface area contributed by atoms with Crippen molar-refractivity contribution in [3.63, 3.8) is 0 Å². The molecule has 0 radical (unpaired) electrons. The van der Waals surface area contributed by atoms with Crippen molar-refractivity contribution >= 4 is 18.4 Å². The minimum absolute atomic E-state index is 0. The molecule has 4 nitrogen and oxygen atoms in total. The lowest BCUT2D eigenvalue weighted by atomic mass is 10.6. The Morgan fingerprint density at radius 1 is 1.40 bits per heavy atom. The molecular weight excluding hydrogens is 156 g/mol. The molecular formula is C5H5ClN2O2. The van der Waals surface area contributed by atoms with Crippen molar-refractivity contribution in [2.75, 3.05) is 0 Å². The van der Waals surface area contributed by atoms with Gasteiger partial charge in [-0.25, -0.2) is 14.8 Å². The number of carboxylic acids is 1. The van der Waals surface area contributed by atoms with E-state index in [9.17, 15) is 4.79 Å². The van der Waals surface area contributed by atoms with Gasteiger partial charge in [0.1, 0.15) is 0 Å². The van der Waals surface area contributed by atoms with E-state index in [1.54, 1.807) is 6.07 Å². The number of carbonyl (C=O) groups is 1. The maximum Gasteiger partial charge on any atom is 0.373 e. The number of aromatic nitrogens is 2. The van der Waals surface area contributed by atoms with Gasteiger partial charge in [-0.1, -0.05) is 0 Å². The van der Waals surface area contributed by atoms with Gasteiger partial charge in [0.05, 0.1) is 0 Å². The van der Waals surface area contributed by atoms with Gasteiger partial charge in [-0.05, 0) is 6.07 Å². The second-order valence-corrected chi connectivity index (χ2v) is 1.38. The van der Waals surface area contributed by atoms with Crippen LogP contribution in [0.2, 0.25) is 0 Å². The van der Waals surface area contributed by atoms with Crippen LogP contribution in [0.3, 0.4) is 0 Å². The highest BCUT2D eigenvalue weighted by molar-refractivity contribution is 5.85. The third-order valence-electron chi connectivity index (χ3n) is 0.757. The SMILES string of the molecule is Cl.O=C(O)c1ncccn1. The highest BCUT2D eigenvalue weighted by Crippen LogP contribution is 1.84. The summed E-state index contributed by atoms with van der Waals surface area (Å²) in [5.41, 5.74) is 0. The van der Waals surface area contributed by atoms with E-state index >= 15 is 0 Å². The van der Waals surface area contributed by atoms with Crippen LogP contribution in [0.15, 0.2) is 18.5 Å². The Morgan fingerprint density at radius 2 is 1.90 bits per heavy atom. The van der Waals surface area contributed by atoms with Crippen LogP contribution in [0.25, 0.3) is 0 Å². The van der Waals surface area contributed by atoms with Crippen LogP contribution in [0.1, 0.15) is 10.6 Å². The Morgan fingerprint density at radius 3 is 2.20 bits per heavy atom. The molecule has 0 fully saturated rings. The first-order chi connectivity index (χ1) is 4.30. The van der Waals surface area contributed by atoms with Crippen LogP contribution < -0.4 is 0 Å². The fourth-order valence-electron chi connectivity index (χ4n) is 0.410. The lowest BCUT2D eigenvalue weighted by molar-refractivity contribution is 0.0683. The van der Waals surface area contributed by atoms with Crippen LogP contribution in [-0.2, 0) is 0 Å². The predicted octanol–water partition coefficient (Wildman–Crippen LogP) is 0.597. The first kappa shape index (κ1) is 8.84. The zero-order valence-electron chi connectivity index (χ0n) is 4.89. The van der Waals surface area contributed by atoms with Crippen molar-refractivity contribution < 1.29 is 9.90 Å². The first-order valence-electron chi connectivity index (χ1n) is 2.31. The van der Waals surface area contributed by atoms with Crippen molar-refractivity contribution in [2.45, 2.75) is 0 Å². The molecule has 0 saturated carbocycles. The summed E-state index contributed by atoms with van der Waals surface area (Å²) in [7, 11) is 0. The van der Waals surface area contributed by atoms with E-state index < -0.39 is 5.97 Å². The molecule has 0 amide bonds. The summed E-state index contributed by atoms with van der Waals surface area (Å²) in [5, 5.41) is 8.26. The number of aromatic carboxylic acids is 1. The number of halogens is 1. The van der Waals surface area contributed by atoms with Gasteiger partial charge in [-0.15, -0.1) is 12.4 Å². The molecule has 0 saturated heterocycles. The first-order valence-corrected chi connectivity index (χ1v) is 2.31. The van der Waals surface area contributed by atoms with Crippen LogP contribution in [0.4, 0.5) is 0 Å². The van der Waals surface area contributed by atoms with Gasteiger partial charge in [0.15, 0.2) is 0 Å². The zero-order chi connectivity index (χ0) is 6.69. The number of rotatable bonds is 1. The highest BCUT2D eigenvalue weighted by Gasteiger charge is 2.01. The molecule has 1 aromatic heterocycles. The van der Waals surface area contributed by atoms with Crippen molar-refractivity contribution in [1.29, 1.82) is 0 Å². The topological polar surface area (TPSA) is 63.1 Å². The summed E-state index contributed by atoms with van der Waals surface area (Å²) < 4.78 is 0. The lowest BCUT2D eigenvalue weighted by Gasteiger charge is -1.86. The highest BCUT2D eigenvalue weighted by atomic mass is 35.5. The number of nitrogens with zero attached hydrogens (tertiary/aromatic N) is 2. The van der Waals surface area contributed by atoms with Gasteiger partial charge in [0, 0.05) is 12.4 Å². The van der Waals surface area contributed by atoms with Crippen molar-refractivity contribution in [1.82, 2.24) is 9.97 Å². The average molecular weight is 161 g/mol. The molecule has 0 unspecified atom stereocenters. The Kier molecular flexibility index (Phi) is 3.35. The molecule has 1 aromatic rings. The van der Waals surface area contributed by atoms with Gasteiger partial charge < -0.3 is 5.11 Å². The number of hydrogen-bond acceptors (Lipinski definition) is 3. The fourth-order valence-corrected chi connectivity index (χ4v) is 0.410. The summed E-state index contributed by atoms with van der Waals surface area (Å²) in [5.74, 6) is -1.27. The van der Waals surface area contributed by atoms with E-state index in [1.807, 2.05) is 0 Å². The van der Waals surface area contributed by atoms with Gasteiger partial charge in [0.25, 0.3) is 0 Å². The second kappa shape index (κ2) is 3.79. The molecule has 0 atom stereocenters. The van der Waals surface area contributed by atoms with E-state index in [1.165, 1.54) is 12.4 Å². The molecule has 5 heteroatoms. The van der Waals surface area contributed by atoms with E-state index in [0.717, 1.165) is 0 Å². The lowest BCUT2D eigenvalue weighted by Crippen LogP contribution is -2.01. The average Bonchev–Trinajstić information content (AvgIpc) is 1.90. The molecule has 0 aliphatic carbocycles. The monoisotopic (exact) mass is 160 g/mol. The molecule has 54 valence electrons. The second-order valence-electron chi connectivity index (χ2n) is 1.38. The van der Waals surface area contributed by atoms with E-state index in [2.05, 4.69) is 9.97 Å². The standard InChI is InChI=1S/C5H4N2O2.ClH/c8-5(9)4-6-2-1-3-7-4;/h1-3H,(H,8,9);1H. The summed E-state index contributed by atoms with van der Waals surface area (Å²) in [6.07, 6.45) is 2.77. The maximum absolute atomic E-state index is 10.1. The predicted molar refractivity (Wildman–Crippen MR) is 36.2 cm³/mol. The fraction of sp³-hybridized carbons (Fsp3) is 0. The van der Waals surface area contributed by atoms with Crippen molar-refractivity contribution in [3.05, 3.63) is 24.3 Å². The third-order valence-corrected chi connectivity index (χ3v) is 0.757. The molecule has 0 spiro atoms. The molecule has 1 heterocycles. The van der Waals surface area contributed by atoms with Gasteiger partial charge in [0.2, 0.25) is 5.82 Å². The van der Waals surface area contributed by atoms with E-state index in [0.29, 0.717) is 0 Å². The van der Waals surface area contributed by atoms with Crippen LogP contribution in [0, 0.1) is 0 Å². The van der Waals surface area contributed by atoms with Crippen molar-refractivity contribution in [2.24, 2.45) is 0 Å². The van der Waals surface area contributed by atoms with Gasteiger partial charge >= 0.3 is 5.97 Å². The maximum atomic E-state index is 10.1. The van der Waals surface area contributed by atoms with E-state index in [-0.39, 0.29) is 18.2 Å². The summed E-state index contributed by atoms with van der Waals surface area (Å²) in [4.78, 5) is 17.0. The third kappa shape index (κ3) is 1.99. The number of carboxylic acid groups (broad SMARTS) is 1. The normalized spacial score (nSPS) is 8.00. The van der Waals surface area contributed by atoms with Crippen molar-refractivity contribution in [3.8, 4) is 0 Å². The van der Waals surface area contributed by atoms with Crippen LogP contribution in [0.5, 0.6) is 0 Å². The molecule has 1 rings (SSSR count). The van der Waals surface area contributed by atoms with E-state index in [4.69, 9.17) is 5.11 Å². The Labute approximate surface area is 63.3 Å². The smallest absolute Gasteiger partial charge is 0.373 e. The van der Waals surface area contributed by atoms with Crippen LogP contribution >= 0.6 is 12.4 Å². The Hall–Kier alpha value is -1.16. The van der Waals surface area contributed by atoms with Crippen LogP contribution in [-0.4, -0.2) is 21.0 Å². The quantitative estimate of drug-likeness (QED) is 0.654. The zero-order valence-corrected chi connectivity index (χ0v) is 5.71. The summed E-state index contributed by atoms with van der Waals surface area (Å²) >= 11 is 0. The Balaban J connectivity index is 0.000000810. The molecule has 1 N–H and O–H groups in total. The molecule has 10 heavy (non-hydrogen) atoms. The summed E-state index contributed by atoms with van der Waals surface area (Å²) in [6.45, 7) is 0. The minimum Gasteiger partial charge on any atom is -0.475 e. The number of hydrogen-bond donors (Lipinski definition) is 1. The molecule has 0 bridgehead atoms. The minimum atomic E-state index is -1.10. The molecule has 0 aromatic carbocycles. The Bertz CT molecular complexity index is 214. The van der Waals surface area contributed by atoms with Gasteiger partial charge in [-0.2, -0.15) is 0 Å².